The van der Waals surface area contributed by atoms with Gasteiger partial charge in [0.25, 0.3) is 0 Å². The fourth-order valence-electron chi connectivity index (χ4n) is 3.04. The molecule has 2 amide bonds. The summed E-state index contributed by atoms with van der Waals surface area (Å²) < 4.78 is 10.8. The quantitative estimate of drug-likeness (QED) is 0.621. The van der Waals surface area contributed by atoms with Gasteiger partial charge in [-0.05, 0) is 49.7 Å². The van der Waals surface area contributed by atoms with Crippen LogP contribution in [0, 0.1) is 0 Å². The van der Waals surface area contributed by atoms with Gasteiger partial charge >= 0.3 is 0 Å². The highest BCUT2D eigenvalue weighted by Gasteiger charge is 2.38. The third kappa shape index (κ3) is 6.01. The summed E-state index contributed by atoms with van der Waals surface area (Å²) in [6.45, 7) is 5.08. The summed E-state index contributed by atoms with van der Waals surface area (Å²) in [5, 5.41) is 2.94. The van der Waals surface area contributed by atoms with E-state index in [-0.39, 0.29) is 18.2 Å². The van der Waals surface area contributed by atoms with Crippen LogP contribution < -0.4 is 14.8 Å². The first-order valence-corrected chi connectivity index (χ1v) is 11.2. The van der Waals surface area contributed by atoms with Crippen LogP contribution in [-0.4, -0.2) is 47.4 Å². The van der Waals surface area contributed by atoms with Crippen LogP contribution in [0.3, 0.4) is 0 Å². The van der Waals surface area contributed by atoms with Crippen LogP contribution in [-0.2, 0) is 9.59 Å². The van der Waals surface area contributed by atoms with Crippen molar-refractivity contribution in [3.8, 4) is 11.5 Å². The third-order valence-corrected chi connectivity index (χ3v) is 5.77. The Kier molecular flexibility index (Phi) is 7.94. The molecular weight excluding hydrogens is 414 g/mol. The maximum absolute atomic E-state index is 12.8. The summed E-state index contributed by atoms with van der Waals surface area (Å²) in [7, 11) is 1.60. The molecule has 1 saturated heterocycles. The number of rotatable bonds is 9. The summed E-state index contributed by atoms with van der Waals surface area (Å²) in [6.07, 6.45) is 1.01. The minimum absolute atomic E-state index is 0.0746. The molecule has 0 saturated carbocycles. The van der Waals surface area contributed by atoms with Gasteiger partial charge in [0.15, 0.2) is 5.17 Å². The molecule has 2 aromatic rings. The van der Waals surface area contributed by atoms with Gasteiger partial charge in [-0.3, -0.25) is 14.5 Å². The second-order valence-electron chi connectivity index (χ2n) is 6.91. The van der Waals surface area contributed by atoms with Crippen molar-refractivity contribution in [3.63, 3.8) is 0 Å². The van der Waals surface area contributed by atoms with Crippen molar-refractivity contribution in [3.05, 3.63) is 48.5 Å². The molecule has 8 heteroatoms. The fourth-order valence-corrected chi connectivity index (χ4v) is 4.26. The van der Waals surface area contributed by atoms with Gasteiger partial charge in [0.1, 0.15) is 16.7 Å². The number of anilines is 1. The molecule has 0 aliphatic carbocycles. The fraction of sp³-hybridized carbons (Fsp3) is 0.348. The van der Waals surface area contributed by atoms with Gasteiger partial charge in [0.2, 0.25) is 11.8 Å². The number of benzene rings is 2. The van der Waals surface area contributed by atoms with Gasteiger partial charge in [0.05, 0.1) is 19.4 Å². The molecule has 7 nitrogen and oxygen atoms in total. The number of amidine groups is 1. The van der Waals surface area contributed by atoms with Crippen LogP contribution in [0.5, 0.6) is 11.5 Å². The van der Waals surface area contributed by atoms with Crippen molar-refractivity contribution in [2.75, 3.05) is 25.6 Å². The first-order valence-electron chi connectivity index (χ1n) is 10.3. The molecule has 2 aromatic carbocycles. The lowest BCUT2D eigenvalue weighted by Gasteiger charge is -2.13. The molecule has 1 aliphatic rings. The van der Waals surface area contributed by atoms with Crippen molar-refractivity contribution >= 4 is 40.1 Å². The van der Waals surface area contributed by atoms with Crippen LogP contribution in [0.15, 0.2) is 53.5 Å². The molecule has 0 aromatic heterocycles. The summed E-state index contributed by atoms with van der Waals surface area (Å²) >= 11 is 1.31. The number of nitrogens with one attached hydrogen (secondary N) is 1. The topological polar surface area (TPSA) is 80.2 Å². The molecule has 1 heterocycles. The lowest BCUT2D eigenvalue weighted by molar-refractivity contribution is -0.128. The van der Waals surface area contributed by atoms with Crippen molar-refractivity contribution in [1.29, 1.82) is 0 Å². The number of amides is 2. The molecule has 164 valence electrons. The molecule has 0 bridgehead atoms. The number of thioether (sulfide) groups is 1. The Bertz CT molecular complexity index is 946. The molecule has 1 fully saturated rings. The van der Waals surface area contributed by atoms with Crippen LogP contribution in [0.25, 0.3) is 0 Å². The zero-order valence-corrected chi connectivity index (χ0v) is 18.8. The summed E-state index contributed by atoms with van der Waals surface area (Å²) in [4.78, 5) is 31.5. The van der Waals surface area contributed by atoms with Crippen LogP contribution in [0.1, 0.15) is 26.7 Å². The van der Waals surface area contributed by atoms with E-state index in [1.54, 1.807) is 30.2 Å². The highest BCUT2D eigenvalue weighted by atomic mass is 32.2. The van der Waals surface area contributed by atoms with Crippen LogP contribution in [0.2, 0.25) is 0 Å². The number of methoxy groups -OCH3 is 1. The summed E-state index contributed by atoms with van der Waals surface area (Å²) in [6, 6.07) is 14.6. The number of hydrogen-bond donors (Lipinski definition) is 1. The highest BCUT2D eigenvalue weighted by Crippen LogP contribution is 2.32. The molecule has 31 heavy (non-hydrogen) atoms. The van der Waals surface area contributed by atoms with Crippen molar-refractivity contribution in [2.45, 2.75) is 31.9 Å². The molecule has 1 atom stereocenters. The Morgan fingerprint density at radius 1 is 1.16 bits per heavy atom. The van der Waals surface area contributed by atoms with E-state index >= 15 is 0 Å². The zero-order valence-electron chi connectivity index (χ0n) is 18.0. The van der Waals surface area contributed by atoms with E-state index in [4.69, 9.17) is 9.47 Å². The van der Waals surface area contributed by atoms with Gasteiger partial charge in [0, 0.05) is 24.7 Å². The molecule has 0 radical (unpaired) electrons. The highest BCUT2D eigenvalue weighted by molar-refractivity contribution is 8.15. The largest absolute Gasteiger partial charge is 0.497 e. The van der Waals surface area contributed by atoms with E-state index in [0.717, 1.165) is 12.2 Å². The number of carbonyl (C=O) groups is 2. The number of hydrogen-bond acceptors (Lipinski definition) is 6. The predicted octanol–water partition coefficient (Wildman–Crippen LogP) is 4.46. The SMILES string of the molecule is CCCOc1ccc(NC(=O)C[C@@H]2SC(=Nc3cccc(OC)c3)N(CC)C2=O)cc1. The van der Waals surface area contributed by atoms with E-state index in [1.807, 2.05) is 44.2 Å². The van der Waals surface area contributed by atoms with Gasteiger partial charge in [-0.25, -0.2) is 4.99 Å². The zero-order chi connectivity index (χ0) is 22.2. The molecule has 3 rings (SSSR count). The van der Waals surface area contributed by atoms with Crippen molar-refractivity contribution < 1.29 is 19.1 Å². The Balaban J connectivity index is 1.64. The van der Waals surface area contributed by atoms with Crippen LogP contribution in [0.4, 0.5) is 11.4 Å². The van der Waals surface area contributed by atoms with E-state index in [9.17, 15) is 9.59 Å². The number of nitrogens with zero attached hydrogens (tertiary/aromatic N) is 2. The average molecular weight is 442 g/mol. The van der Waals surface area contributed by atoms with Gasteiger partial charge in [-0.15, -0.1) is 0 Å². The van der Waals surface area contributed by atoms with Gasteiger partial charge < -0.3 is 14.8 Å². The summed E-state index contributed by atoms with van der Waals surface area (Å²) in [5.41, 5.74) is 1.37. The standard InChI is InChI=1S/C23H27N3O4S/c1-4-13-30-18-11-9-16(10-12-18)24-21(27)15-20-22(28)26(5-2)23(31-20)25-17-7-6-8-19(14-17)29-3/h6-12,14,20H,4-5,13,15H2,1-3H3,(H,24,27)/t20-/m0/s1. The van der Waals surface area contributed by atoms with Crippen LogP contribution >= 0.6 is 11.8 Å². The Morgan fingerprint density at radius 3 is 2.61 bits per heavy atom. The molecule has 1 aliphatic heterocycles. The molecular formula is C23H27N3O4S. The van der Waals surface area contributed by atoms with Crippen molar-refractivity contribution in [2.24, 2.45) is 4.99 Å². The van der Waals surface area contributed by atoms with Gasteiger partial charge in [-0.2, -0.15) is 0 Å². The van der Waals surface area contributed by atoms with E-state index in [1.165, 1.54) is 11.8 Å². The second-order valence-corrected chi connectivity index (χ2v) is 8.08. The normalized spacial score (nSPS) is 17.1. The smallest absolute Gasteiger partial charge is 0.242 e. The average Bonchev–Trinajstić information content (AvgIpc) is 3.06. The minimum Gasteiger partial charge on any atom is -0.497 e. The second kappa shape index (κ2) is 10.9. The van der Waals surface area contributed by atoms with Gasteiger partial charge in [-0.1, -0.05) is 24.8 Å². The first kappa shape index (κ1) is 22.7. The summed E-state index contributed by atoms with van der Waals surface area (Å²) in [5.74, 6) is 1.14. The first-order chi connectivity index (χ1) is 15.0. The lowest BCUT2D eigenvalue weighted by atomic mass is 10.2. The number of carbonyl (C=O) groups excluding carboxylic acids is 2. The van der Waals surface area contributed by atoms with Crippen molar-refractivity contribution in [1.82, 2.24) is 4.90 Å². The Labute approximate surface area is 186 Å². The Hall–Kier alpha value is -3.00. The molecule has 0 unspecified atom stereocenters. The molecule has 1 N–H and O–H groups in total. The maximum Gasteiger partial charge on any atom is 0.242 e. The maximum atomic E-state index is 12.8. The number of aliphatic imine (C=N–C) groups is 1. The van der Waals surface area contributed by atoms with E-state index < -0.39 is 5.25 Å². The predicted molar refractivity (Wildman–Crippen MR) is 124 cm³/mol. The third-order valence-electron chi connectivity index (χ3n) is 4.60. The minimum atomic E-state index is -0.503. The number of ether oxygens (including phenoxy) is 2. The Morgan fingerprint density at radius 2 is 1.94 bits per heavy atom. The molecule has 0 spiro atoms. The lowest BCUT2D eigenvalue weighted by Crippen LogP contribution is -2.33. The van der Waals surface area contributed by atoms with E-state index in [0.29, 0.717) is 35.4 Å². The van der Waals surface area contributed by atoms with E-state index in [2.05, 4.69) is 10.3 Å². The monoisotopic (exact) mass is 441 g/mol.